The van der Waals surface area contributed by atoms with Gasteiger partial charge in [0.25, 0.3) is 5.91 Å². The monoisotopic (exact) mass is 408 g/mol. The van der Waals surface area contributed by atoms with E-state index in [9.17, 15) is 13.6 Å². The van der Waals surface area contributed by atoms with Crippen molar-refractivity contribution in [1.29, 1.82) is 0 Å². The predicted molar refractivity (Wildman–Crippen MR) is 107 cm³/mol. The minimum atomic E-state index is -0.648. The smallest absolute Gasteiger partial charge is 0.275 e. The maximum Gasteiger partial charge on any atom is 0.275 e. The van der Waals surface area contributed by atoms with Crippen LogP contribution in [0.3, 0.4) is 0 Å². The van der Waals surface area contributed by atoms with E-state index in [-0.39, 0.29) is 11.5 Å². The third-order valence-electron chi connectivity index (χ3n) is 5.20. The number of carbonyl (C=O) groups is 1. The number of piperazine rings is 1. The summed E-state index contributed by atoms with van der Waals surface area (Å²) in [5.74, 6) is -1.42. The molecule has 7 heteroatoms. The molecule has 2 aromatic carbocycles. The van der Waals surface area contributed by atoms with Crippen LogP contribution in [0.2, 0.25) is 5.02 Å². The zero-order chi connectivity index (χ0) is 20.3. The summed E-state index contributed by atoms with van der Waals surface area (Å²) in [6.07, 6.45) is 0. The van der Waals surface area contributed by atoms with E-state index in [4.69, 9.17) is 11.6 Å². The summed E-state index contributed by atoms with van der Waals surface area (Å²) in [7, 11) is 0. The molecule has 1 heterocycles. The Labute approximate surface area is 169 Å². The van der Waals surface area contributed by atoms with Gasteiger partial charge in [-0.1, -0.05) is 23.7 Å². The van der Waals surface area contributed by atoms with Crippen LogP contribution in [0, 0.1) is 18.6 Å². The number of nitrogens with one attached hydrogen (secondary N) is 2. The molecule has 0 unspecified atom stereocenters. The number of hydrogen-bond donors (Lipinski definition) is 2. The van der Waals surface area contributed by atoms with Gasteiger partial charge in [0.15, 0.2) is 6.54 Å². The lowest BCUT2D eigenvalue weighted by atomic mass is 10.1. The van der Waals surface area contributed by atoms with E-state index < -0.39 is 17.7 Å². The normalized spacial score (nSPS) is 16.1. The summed E-state index contributed by atoms with van der Waals surface area (Å²) in [4.78, 5) is 15.8. The average Bonchev–Trinajstić information content (AvgIpc) is 2.64. The van der Waals surface area contributed by atoms with Crippen LogP contribution in [0.15, 0.2) is 36.4 Å². The van der Waals surface area contributed by atoms with Crippen LogP contribution in [0.1, 0.15) is 24.1 Å². The lowest BCUT2D eigenvalue weighted by molar-refractivity contribution is -0.892. The van der Waals surface area contributed by atoms with Gasteiger partial charge in [0.05, 0.1) is 32.2 Å². The lowest BCUT2D eigenvalue weighted by Gasteiger charge is -2.34. The molecular weight excluding hydrogens is 384 g/mol. The Morgan fingerprint density at radius 2 is 1.93 bits per heavy atom. The molecule has 0 aromatic heterocycles. The first-order valence-corrected chi connectivity index (χ1v) is 9.80. The molecule has 0 aliphatic carbocycles. The highest BCUT2D eigenvalue weighted by atomic mass is 35.5. The van der Waals surface area contributed by atoms with E-state index in [0.717, 1.165) is 43.0 Å². The van der Waals surface area contributed by atoms with Crippen molar-refractivity contribution in [2.24, 2.45) is 0 Å². The van der Waals surface area contributed by atoms with Gasteiger partial charge < -0.3 is 15.1 Å². The fraction of sp³-hybridized carbons (Fsp3) is 0.381. The molecule has 0 bridgehead atoms. The molecule has 0 radical (unpaired) electrons. The SMILES string of the molecule is Cc1ccc(Cl)cc1N1CC[NH+](CC(=O)N[C@@H](C)c2ccc(F)cc2F)CC1. The molecule has 2 aromatic rings. The molecule has 150 valence electrons. The van der Waals surface area contributed by atoms with E-state index in [1.165, 1.54) is 22.6 Å². The molecule has 28 heavy (non-hydrogen) atoms. The summed E-state index contributed by atoms with van der Waals surface area (Å²) in [6.45, 7) is 7.43. The van der Waals surface area contributed by atoms with Gasteiger partial charge in [-0.25, -0.2) is 8.78 Å². The van der Waals surface area contributed by atoms with E-state index >= 15 is 0 Å². The quantitative estimate of drug-likeness (QED) is 0.797. The Bertz CT molecular complexity index is 854. The molecule has 0 spiro atoms. The van der Waals surface area contributed by atoms with Crippen LogP contribution in [0.5, 0.6) is 0 Å². The molecule has 2 N–H and O–H groups in total. The van der Waals surface area contributed by atoms with E-state index in [2.05, 4.69) is 17.1 Å². The Morgan fingerprint density at radius 1 is 1.21 bits per heavy atom. The van der Waals surface area contributed by atoms with Crippen molar-refractivity contribution in [1.82, 2.24) is 5.32 Å². The molecule has 4 nitrogen and oxygen atoms in total. The highest BCUT2D eigenvalue weighted by Crippen LogP contribution is 2.24. The molecule has 1 atom stereocenters. The molecule has 1 aliphatic heterocycles. The number of quaternary nitrogens is 1. The molecule has 0 saturated carbocycles. The Morgan fingerprint density at radius 3 is 2.61 bits per heavy atom. The average molecular weight is 409 g/mol. The maximum absolute atomic E-state index is 13.9. The minimum absolute atomic E-state index is 0.140. The molecule has 1 saturated heterocycles. The first kappa shape index (κ1) is 20.6. The number of hydrogen-bond acceptors (Lipinski definition) is 2. The van der Waals surface area contributed by atoms with Crippen molar-refractivity contribution >= 4 is 23.2 Å². The predicted octanol–water partition coefficient (Wildman–Crippen LogP) is 2.51. The Hall–Kier alpha value is -2.18. The summed E-state index contributed by atoms with van der Waals surface area (Å²) < 4.78 is 26.9. The van der Waals surface area contributed by atoms with Crippen LogP contribution in [-0.4, -0.2) is 38.6 Å². The van der Waals surface area contributed by atoms with Gasteiger partial charge >= 0.3 is 0 Å². The summed E-state index contributed by atoms with van der Waals surface area (Å²) in [6, 6.07) is 8.77. The van der Waals surface area contributed by atoms with Gasteiger partial charge in [0, 0.05) is 22.3 Å². The second-order valence-electron chi connectivity index (χ2n) is 7.30. The second-order valence-corrected chi connectivity index (χ2v) is 7.74. The van der Waals surface area contributed by atoms with Crippen molar-refractivity contribution in [3.05, 3.63) is 64.2 Å². The van der Waals surface area contributed by atoms with Crippen molar-refractivity contribution in [2.45, 2.75) is 19.9 Å². The fourth-order valence-electron chi connectivity index (χ4n) is 3.61. The first-order chi connectivity index (χ1) is 13.3. The zero-order valence-electron chi connectivity index (χ0n) is 16.1. The van der Waals surface area contributed by atoms with Crippen LogP contribution in [0.4, 0.5) is 14.5 Å². The van der Waals surface area contributed by atoms with Gasteiger partial charge in [-0.3, -0.25) is 4.79 Å². The molecule has 1 amide bonds. The van der Waals surface area contributed by atoms with Gasteiger partial charge in [-0.05, 0) is 37.6 Å². The highest BCUT2D eigenvalue weighted by molar-refractivity contribution is 6.30. The molecule has 1 aliphatic rings. The molecule has 1 fully saturated rings. The number of aryl methyl sites for hydroxylation is 1. The van der Waals surface area contributed by atoms with Gasteiger partial charge in [-0.2, -0.15) is 0 Å². The minimum Gasteiger partial charge on any atom is -0.360 e. The van der Waals surface area contributed by atoms with Crippen LogP contribution >= 0.6 is 11.6 Å². The van der Waals surface area contributed by atoms with Crippen molar-refractivity contribution in [2.75, 3.05) is 37.6 Å². The number of rotatable bonds is 5. The van der Waals surface area contributed by atoms with Crippen LogP contribution in [-0.2, 0) is 4.79 Å². The maximum atomic E-state index is 13.9. The zero-order valence-corrected chi connectivity index (χ0v) is 16.8. The number of amides is 1. The van der Waals surface area contributed by atoms with Crippen molar-refractivity contribution in [3.8, 4) is 0 Å². The standard InChI is InChI=1S/C21H24ClF2N3O/c1-14-3-4-16(22)11-20(14)27-9-7-26(8-10-27)13-21(28)25-15(2)18-6-5-17(23)12-19(18)24/h3-6,11-12,15H,7-10,13H2,1-2H3,(H,25,28)/p+1/t15-/m0/s1. The largest absolute Gasteiger partial charge is 0.360 e. The lowest BCUT2D eigenvalue weighted by Crippen LogP contribution is -3.16. The van der Waals surface area contributed by atoms with Crippen LogP contribution < -0.4 is 15.1 Å². The number of halogens is 3. The van der Waals surface area contributed by atoms with E-state index in [1.807, 2.05) is 18.2 Å². The third kappa shape index (κ3) is 5.00. The first-order valence-electron chi connectivity index (χ1n) is 9.42. The number of nitrogens with zero attached hydrogens (tertiary/aromatic N) is 1. The van der Waals surface area contributed by atoms with E-state index in [1.54, 1.807) is 6.92 Å². The van der Waals surface area contributed by atoms with Gasteiger partial charge in [0.2, 0.25) is 0 Å². The number of benzene rings is 2. The second kappa shape index (κ2) is 8.88. The van der Waals surface area contributed by atoms with Crippen LogP contribution in [0.25, 0.3) is 0 Å². The summed E-state index contributed by atoms with van der Waals surface area (Å²) in [5.41, 5.74) is 2.60. The number of anilines is 1. The van der Waals surface area contributed by atoms with Gasteiger partial charge in [0.1, 0.15) is 11.6 Å². The number of carbonyl (C=O) groups excluding carboxylic acids is 1. The third-order valence-corrected chi connectivity index (χ3v) is 5.43. The Balaban J connectivity index is 1.51. The molecular formula is C21H25ClF2N3O+. The highest BCUT2D eigenvalue weighted by Gasteiger charge is 2.24. The van der Waals surface area contributed by atoms with Crippen molar-refractivity contribution in [3.63, 3.8) is 0 Å². The van der Waals surface area contributed by atoms with E-state index in [0.29, 0.717) is 6.54 Å². The summed E-state index contributed by atoms with van der Waals surface area (Å²) >= 11 is 6.12. The molecule has 3 rings (SSSR count). The topological polar surface area (TPSA) is 36.8 Å². The Kier molecular flexibility index (Phi) is 6.52. The fourth-order valence-corrected chi connectivity index (χ4v) is 3.78. The van der Waals surface area contributed by atoms with Crippen molar-refractivity contribution < 1.29 is 18.5 Å². The summed E-state index contributed by atoms with van der Waals surface area (Å²) in [5, 5.41) is 3.53. The van der Waals surface area contributed by atoms with Gasteiger partial charge in [-0.15, -0.1) is 0 Å².